The fourth-order valence-electron chi connectivity index (χ4n) is 11.9. The molecule has 2 aromatic heterocycles. The van der Waals surface area contributed by atoms with E-state index in [4.69, 9.17) is 15.0 Å². The van der Waals surface area contributed by atoms with E-state index in [1.807, 2.05) is 17.4 Å². The Morgan fingerprint density at radius 1 is 0.358 bits per heavy atom. The average molecular weight is 874 g/mol. The number of nitrogens with zero attached hydrogens (tertiary/aromatic N) is 3. The van der Waals surface area contributed by atoms with Crippen molar-refractivity contribution in [3.05, 3.63) is 210 Å². The van der Waals surface area contributed by atoms with Crippen LogP contribution in [0.1, 0.15) is 49.9 Å². The van der Waals surface area contributed by atoms with Gasteiger partial charge in [-0.3, -0.25) is 0 Å². The van der Waals surface area contributed by atoms with Crippen molar-refractivity contribution < 1.29 is 0 Å². The summed E-state index contributed by atoms with van der Waals surface area (Å²) in [6, 6.07) is 68.9. The molecule has 67 heavy (non-hydrogen) atoms. The number of hydrogen-bond acceptors (Lipinski definition) is 4. The van der Waals surface area contributed by atoms with E-state index in [0.717, 1.165) is 22.1 Å². The Hall–Kier alpha value is -7.79. The molecule has 0 unspecified atom stereocenters. The summed E-state index contributed by atoms with van der Waals surface area (Å²) in [5.74, 6) is 1.95. The molecule has 0 saturated heterocycles. The first-order valence-electron chi connectivity index (χ1n) is 23.3. The maximum atomic E-state index is 5.42. The van der Waals surface area contributed by atoms with Crippen molar-refractivity contribution in [1.82, 2.24) is 15.0 Å². The van der Waals surface area contributed by atoms with Crippen molar-refractivity contribution >= 4 is 63.8 Å². The second-order valence-corrected chi connectivity index (χ2v) is 20.5. The highest BCUT2D eigenvalue weighted by Gasteiger charge is 2.39. The molecule has 0 spiro atoms. The molecule has 3 nitrogen and oxygen atoms in total. The van der Waals surface area contributed by atoms with Crippen LogP contribution in [0.5, 0.6) is 0 Å². The summed E-state index contributed by atoms with van der Waals surface area (Å²) in [6.45, 7) is 9.51. The maximum absolute atomic E-state index is 5.42. The van der Waals surface area contributed by atoms with Gasteiger partial charge in [-0.05, 0) is 101 Å². The van der Waals surface area contributed by atoms with Gasteiger partial charge < -0.3 is 0 Å². The quantitative estimate of drug-likeness (QED) is 0.165. The van der Waals surface area contributed by atoms with Crippen molar-refractivity contribution in [3.63, 3.8) is 0 Å². The zero-order valence-electron chi connectivity index (χ0n) is 37.6. The van der Waals surface area contributed by atoms with Crippen LogP contribution in [0, 0.1) is 0 Å². The van der Waals surface area contributed by atoms with Gasteiger partial charge in [0.25, 0.3) is 0 Å². The summed E-state index contributed by atoms with van der Waals surface area (Å²) >= 11 is 1.92. The highest BCUT2D eigenvalue weighted by molar-refractivity contribution is 7.26. The number of benzene rings is 10. The molecule has 4 heteroatoms. The lowest BCUT2D eigenvalue weighted by Crippen LogP contribution is -2.15. The van der Waals surface area contributed by atoms with Gasteiger partial charge in [0.1, 0.15) is 0 Å². The van der Waals surface area contributed by atoms with Crippen LogP contribution in [0.2, 0.25) is 0 Å². The molecule has 10 aromatic carbocycles. The van der Waals surface area contributed by atoms with Crippen LogP contribution < -0.4 is 0 Å². The lowest BCUT2D eigenvalue weighted by atomic mass is 9.79. The first-order valence-corrected chi connectivity index (χ1v) is 24.1. The summed E-state index contributed by atoms with van der Waals surface area (Å²) in [5, 5.41) is 9.83. The van der Waals surface area contributed by atoms with Gasteiger partial charge in [-0.25, -0.2) is 15.0 Å². The summed E-state index contributed by atoms with van der Waals surface area (Å²) in [5.41, 5.74) is 15.9. The molecule has 2 aliphatic rings. The largest absolute Gasteiger partial charge is 0.208 e. The van der Waals surface area contributed by atoms with Crippen molar-refractivity contribution in [2.45, 2.75) is 38.5 Å². The third-order valence-electron chi connectivity index (χ3n) is 15.1. The summed E-state index contributed by atoms with van der Waals surface area (Å²) in [7, 11) is 0. The van der Waals surface area contributed by atoms with Crippen LogP contribution in [0.4, 0.5) is 0 Å². The van der Waals surface area contributed by atoms with Crippen LogP contribution in [-0.4, -0.2) is 15.0 Å². The van der Waals surface area contributed by atoms with Crippen molar-refractivity contribution in [2.24, 2.45) is 0 Å². The van der Waals surface area contributed by atoms with E-state index < -0.39 is 0 Å². The molecule has 0 fully saturated rings. The Morgan fingerprint density at radius 2 is 0.955 bits per heavy atom. The van der Waals surface area contributed by atoms with Gasteiger partial charge in [-0.2, -0.15) is 0 Å². The molecule has 0 radical (unpaired) electrons. The van der Waals surface area contributed by atoms with Gasteiger partial charge >= 0.3 is 0 Å². The summed E-state index contributed by atoms with van der Waals surface area (Å²) in [6.07, 6.45) is 0. The van der Waals surface area contributed by atoms with E-state index >= 15 is 0 Å². The number of fused-ring (bicyclic) bond motifs is 15. The van der Waals surface area contributed by atoms with Gasteiger partial charge in [0, 0.05) is 53.3 Å². The van der Waals surface area contributed by atoms with E-state index in [2.05, 4.69) is 210 Å². The lowest BCUT2D eigenvalue weighted by molar-refractivity contribution is 0.661. The Kier molecular flexibility index (Phi) is 7.96. The first kappa shape index (κ1) is 38.5. The molecule has 0 saturated carbocycles. The first-order chi connectivity index (χ1) is 32.7. The molecule has 316 valence electrons. The zero-order chi connectivity index (χ0) is 44.8. The van der Waals surface area contributed by atoms with Crippen LogP contribution in [-0.2, 0) is 10.8 Å². The second kappa shape index (κ2) is 13.9. The highest BCUT2D eigenvalue weighted by atomic mass is 32.1. The number of hydrogen-bond donors (Lipinski definition) is 0. The second-order valence-electron chi connectivity index (χ2n) is 19.5. The molecule has 2 aliphatic carbocycles. The normalized spacial score (nSPS) is 14.2. The van der Waals surface area contributed by atoms with Crippen LogP contribution >= 0.6 is 11.3 Å². The molecule has 0 bridgehead atoms. The number of aromatic nitrogens is 3. The molecule has 12 aromatic rings. The molecular formula is C63H43N3S. The predicted octanol–water partition coefficient (Wildman–Crippen LogP) is 17.0. The maximum Gasteiger partial charge on any atom is 0.164 e. The van der Waals surface area contributed by atoms with Crippen molar-refractivity contribution in [3.8, 4) is 67.5 Å². The summed E-state index contributed by atoms with van der Waals surface area (Å²) < 4.78 is 2.66. The Labute approximate surface area is 393 Å². The molecular weight excluding hydrogens is 831 g/mol. The average Bonchev–Trinajstić information content (AvgIpc) is 3.95. The van der Waals surface area contributed by atoms with Crippen molar-refractivity contribution in [2.75, 3.05) is 0 Å². The van der Waals surface area contributed by atoms with Crippen molar-refractivity contribution in [1.29, 1.82) is 0 Å². The molecule has 2 heterocycles. The Balaban J connectivity index is 0.990. The number of thiophene rings is 1. The minimum atomic E-state index is -0.160. The van der Waals surface area contributed by atoms with Gasteiger partial charge in [0.05, 0.1) is 0 Å². The van der Waals surface area contributed by atoms with Crippen LogP contribution in [0.3, 0.4) is 0 Å². The van der Waals surface area contributed by atoms with E-state index in [-0.39, 0.29) is 10.8 Å². The van der Waals surface area contributed by atoms with E-state index in [1.165, 1.54) is 103 Å². The van der Waals surface area contributed by atoms with Gasteiger partial charge in [-0.1, -0.05) is 198 Å². The monoisotopic (exact) mass is 873 g/mol. The minimum absolute atomic E-state index is 0.147. The molecule has 0 aliphatic heterocycles. The highest BCUT2D eigenvalue weighted by Crippen LogP contribution is 2.57. The topological polar surface area (TPSA) is 38.7 Å². The van der Waals surface area contributed by atoms with Gasteiger partial charge in [0.15, 0.2) is 17.5 Å². The minimum Gasteiger partial charge on any atom is -0.208 e. The Bertz CT molecular complexity index is 4100. The third kappa shape index (κ3) is 5.42. The number of rotatable bonds is 4. The SMILES string of the molecule is CC1(C)c2ccccc2-c2c1cc(-c1cccc3c(-c4nc(-c5ccccc5)nc(-c5ccc6ccc7ccc8c(c7c6c5)C(C)(C)c5ccccc5-8)n4)cccc13)c1c2sc2ccccc21. The van der Waals surface area contributed by atoms with Crippen LogP contribution in [0.25, 0.3) is 120 Å². The fourth-order valence-corrected chi connectivity index (χ4v) is 13.2. The molecule has 0 atom stereocenters. The van der Waals surface area contributed by atoms with E-state index in [9.17, 15) is 0 Å². The van der Waals surface area contributed by atoms with E-state index in [1.54, 1.807) is 0 Å². The lowest BCUT2D eigenvalue weighted by Gasteiger charge is -2.24. The standard InChI is InChI=1S/C63H43N3S/c1-62(2)51-26-12-9-19-46(51)56-52(62)35-49(55-47-20-10-13-27-53(47)67-58(55)56)42-23-14-22-41-40(42)21-15-24-45(41)61-65-59(38-16-6-5-7-17-38)64-60(66-61)39-31-29-36-28-30-37-32-33-44-43-18-8-11-25-50(43)63(3,4)57(44)54(37)48(36)34-39/h5-35H,1-4H3. The summed E-state index contributed by atoms with van der Waals surface area (Å²) in [4.78, 5) is 16.0. The Morgan fingerprint density at radius 3 is 1.78 bits per heavy atom. The molecule has 0 amide bonds. The fraction of sp³-hybridized carbons (Fsp3) is 0.0952. The zero-order valence-corrected chi connectivity index (χ0v) is 38.5. The molecule has 14 rings (SSSR count). The predicted molar refractivity (Wildman–Crippen MR) is 282 cm³/mol. The smallest absolute Gasteiger partial charge is 0.164 e. The molecule has 0 N–H and O–H groups in total. The van der Waals surface area contributed by atoms with Crippen LogP contribution in [0.15, 0.2) is 188 Å². The third-order valence-corrected chi connectivity index (χ3v) is 16.3. The van der Waals surface area contributed by atoms with Gasteiger partial charge in [0.2, 0.25) is 0 Å². The van der Waals surface area contributed by atoms with Gasteiger partial charge in [-0.15, -0.1) is 11.3 Å². The van der Waals surface area contributed by atoms with E-state index in [0.29, 0.717) is 17.5 Å².